The number of likely N-dealkylation sites (tertiary alicyclic amines) is 1. The molecule has 1 aromatic heterocycles. The summed E-state index contributed by atoms with van der Waals surface area (Å²) in [6, 6.07) is 1.99. The van der Waals surface area contributed by atoms with Crippen molar-refractivity contribution in [3.8, 4) is 0 Å². The van der Waals surface area contributed by atoms with Crippen molar-refractivity contribution in [3.63, 3.8) is 0 Å². The summed E-state index contributed by atoms with van der Waals surface area (Å²) in [5, 5.41) is 11.4. The normalized spacial score (nSPS) is 17.3. The number of amides is 1. The van der Waals surface area contributed by atoms with Crippen LogP contribution in [0.2, 0.25) is 0 Å². The number of carbonyl (C=O) groups is 1. The number of nitrogens with zero attached hydrogens (tertiary/aromatic N) is 1. The summed E-state index contributed by atoms with van der Waals surface area (Å²) in [5.41, 5.74) is 0.594. The van der Waals surface area contributed by atoms with Crippen molar-refractivity contribution in [2.24, 2.45) is 0 Å². The summed E-state index contributed by atoms with van der Waals surface area (Å²) >= 11 is 1.71. The molecule has 112 valence electrons. The first-order valence-electron chi connectivity index (χ1n) is 7.06. The quantitative estimate of drug-likeness (QED) is 0.910. The van der Waals surface area contributed by atoms with Gasteiger partial charge in [-0.2, -0.15) is 0 Å². The van der Waals surface area contributed by atoms with Crippen molar-refractivity contribution in [1.29, 1.82) is 0 Å². The number of hydrogen-bond acceptors (Lipinski definition) is 4. The molecule has 2 heterocycles. The van der Waals surface area contributed by atoms with Gasteiger partial charge in [-0.25, -0.2) is 4.79 Å². The van der Waals surface area contributed by atoms with Crippen LogP contribution in [0, 0.1) is 0 Å². The summed E-state index contributed by atoms with van der Waals surface area (Å²) < 4.78 is 5.40. The van der Waals surface area contributed by atoms with Crippen LogP contribution < -0.4 is 0 Å². The second-order valence-corrected chi connectivity index (χ2v) is 7.16. The van der Waals surface area contributed by atoms with Crippen LogP contribution in [0.25, 0.3) is 0 Å². The lowest BCUT2D eigenvalue weighted by atomic mass is 9.93. The Morgan fingerprint density at radius 2 is 2.10 bits per heavy atom. The highest BCUT2D eigenvalue weighted by Gasteiger charge is 2.28. The van der Waals surface area contributed by atoms with Crippen molar-refractivity contribution < 1.29 is 14.6 Å². The Balaban J connectivity index is 1.91. The van der Waals surface area contributed by atoms with Gasteiger partial charge in [-0.05, 0) is 56.5 Å². The first-order chi connectivity index (χ1) is 9.40. The second-order valence-electron chi connectivity index (χ2n) is 6.21. The number of ether oxygens (including phenoxy) is 1. The standard InChI is InChI=1S/C15H23NO3S/c1-15(2,3)19-14(18)16-7-4-11(5-8-16)13-12(10-17)6-9-20-13/h6,9,11,17H,4-5,7-8,10H2,1-3H3. The van der Waals surface area contributed by atoms with E-state index in [1.54, 1.807) is 16.2 Å². The van der Waals surface area contributed by atoms with Crippen LogP contribution in [0.1, 0.15) is 50.0 Å². The molecule has 1 N–H and O–H groups in total. The zero-order valence-electron chi connectivity index (χ0n) is 12.4. The summed E-state index contributed by atoms with van der Waals surface area (Å²) in [5.74, 6) is 0.454. The first-order valence-corrected chi connectivity index (χ1v) is 7.93. The summed E-state index contributed by atoms with van der Waals surface area (Å²) in [4.78, 5) is 15.1. The van der Waals surface area contributed by atoms with E-state index in [-0.39, 0.29) is 12.7 Å². The van der Waals surface area contributed by atoms with Crippen molar-refractivity contribution in [2.45, 2.75) is 51.7 Å². The largest absolute Gasteiger partial charge is 0.444 e. The molecule has 20 heavy (non-hydrogen) atoms. The van der Waals surface area contributed by atoms with Crippen LogP contribution in [0.3, 0.4) is 0 Å². The van der Waals surface area contributed by atoms with Crippen LogP contribution in [0.5, 0.6) is 0 Å². The van der Waals surface area contributed by atoms with Gasteiger partial charge in [0.1, 0.15) is 5.60 Å². The Bertz CT molecular complexity index is 456. The monoisotopic (exact) mass is 297 g/mol. The Labute approximate surface area is 124 Å². The minimum absolute atomic E-state index is 0.102. The fourth-order valence-corrected chi connectivity index (χ4v) is 3.58. The molecular formula is C15H23NO3S. The Hall–Kier alpha value is -1.07. The van der Waals surface area contributed by atoms with E-state index in [2.05, 4.69) is 0 Å². The molecule has 0 aliphatic carbocycles. The lowest BCUT2D eigenvalue weighted by Crippen LogP contribution is -2.41. The molecule has 4 nitrogen and oxygen atoms in total. The topological polar surface area (TPSA) is 49.8 Å². The van der Waals surface area contributed by atoms with Gasteiger partial charge in [0.25, 0.3) is 0 Å². The molecule has 0 atom stereocenters. The number of hydrogen-bond donors (Lipinski definition) is 1. The maximum Gasteiger partial charge on any atom is 0.410 e. The van der Waals surface area contributed by atoms with E-state index in [1.165, 1.54) is 4.88 Å². The van der Waals surface area contributed by atoms with E-state index in [4.69, 9.17) is 4.74 Å². The van der Waals surface area contributed by atoms with Gasteiger partial charge in [0.05, 0.1) is 6.61 Å². The van der Waals surface area contributed by atoms with Gasteiger partial charge >= 0.3 is 6.09 Å². The molecule has 0 unspecified atom stereocenters. The van der Waals surface area contributed by atoms with Gasteiger partial charge in [0.15, 0.2) is 0 Å². The van der Waals surface area contributed by atoms with E-state index in [0.717, 1.165) is 31.5 Å². The van der Waals surface area contributed by atoms with Crippen molar-refractivity contribution in [3.05, 3.63) is 21.9 Å². The maximum atomic E-state index is 12.0. The number of aliphatic hydroxyl groups excluding tert-OH is 1. The molecule has 1 aromatic rings. The van der Waals surface area contributed by atoms with Gasteiger partial charge in [-0.3, -0.25) is 0 Å². The molecule has 5 heteroatoms. The molecule has 0 bridgehead atoms. The van der Waals surface area contributed by atoms with Crippen LogP contribution in [-0.2, 0) is 11.3 Å². The molecule has 1 fully saturated rings. The number of aliphatic hydroxyl groups is 1. The van der Waals surface area contributed by atoms with E-state index < -0.39 is 5.60 Å². The first kappa shape index (κ1) is 15.3. The van der Waals surface area contributed by atoms with E-state index in [1.807, 2.05) is 32.2 Å². The Morgan fingerprint density at radius 1 is 1.45 bits per heavy atom. The van der Waals surface area contributed by atoms with Crippen LogP contribution in [-0.4, -0.2) is 34.8 Å². The molecule has 0 spiro atoms. The highest BCUT2D eigenvalue weighted by Crippen LogP contribution is 2.34. The number of piperidine rings is 1. The maximum absolute atomic E-state index is 12.0. The fourth-order valence-electron chi connectivity index (χ4n) is 2.49. The Kier molecular flexibility index (Phi) is 4.70. The predicted octanol–water partition coefficient (Wildman–Crippen LogP) is 3.35. The zero-order valence-corrected chi connectivity index (χ0v) is 13.2. The summed E-state index contributed by atoms with van der Waals surface area (Å²) in [6.07, 6.45) is 1.66. The van der Waals surface area contributed by atoms with Gasteiger partial charge in [0, 0.05) is 18.0 Å². The second kappa shape index (κ2) is 6.14. The summed E-state index contributed by atoms with van der Waals surface area (Å²) in [7, 11) is 0. The molecule has 2 rings (SSSR count). The molecule has 0 aromatic carbocycles. The summed E-state index contributed by atoms with van der Waals surface area (Å²) in [6.45, 7) is 7.21. The predicted molar refractivity (Wildman–Crippen MR) is 80.0 cm³/mol. The SMILES string of the molecule is CC(C)(C)OC(=O)N1CCC(c2sccc2CO)CC1. The molecule has 1 aliphatic rings. The fraction of sp³-hybridized carbons (Fsp3) is 0.667. The average Bonchev–Trinajstić information content (AvgIpc) is 2.85. The third-order valence-electron chi connectivity index (χ3n) is 3.47. The van der Waals surface area contributed by atoms with Gasteiger partial charge in [0.2, 0.25) is 0 Å². The third-order valence-corrected chi connectivity index (χ3v) is 4.59. The molecule has 1 aliphatic heterocycles. The molecular weight excluding hydrogens is 274 g/mol. The van der Waals surface area contributed by atoms with E-state index in [9.17, 15) is 9.90 Å². The molecule has 1 saturated heterocycles. The minimum atomic E-state index is -0.439. The van der Waals surface area contributed by atoms with Gasteiger partial charge in [-0.1, -0.05) is 0 Å². The van der Waals surface area contributed by atoms with Crippen LogP contribution >= 0.6 is 11.3 Å². The smallest absolute Gasteiger partial charge is 0.410 e. The third kappa shape index (κ3) is 3.73. The minimum Gasteiger partial charge on any atom is -0.444 e. The number of rotatable bonds is 2. The molecule has 0 radical (unpaired) electrons. The van der Waals surface area contributed by atoms with Gasteiger partial charge < -0.3 is 14.7 Å². The molecule has 0 saturated carbocycles. The van der Waals surface area contributed by atoms with Crippen molar-refractivity contribution in [1.82, 2.24) is 4.90 Å². The van der Waals surface area contributed by atoms with Crippen LogP contribution in [0.4, 0.5) is 4.79 Å². The Morgan fingerprint density at radius 3 is 2.65 bits per heavy atom. The van der Waals surface area contributed by atoms with Crippen molar-refractivity contribution >= 4 is 17.4 Å². The van der Waals surface area contributed by atoms with Crippen LogP contribution in [0.15, 0.2) is 11.4 Å². The zero-order chi connectivity index (χ0) is 14.8. The van der Waals surface area contributed by atoms with E-state index in [0.29, 0.717) is 5.92 Å². The average molecular weight is 297 g/mol. The lowest BCUT2D eigenvalue weighted by molar-refractivity contribution is 0.0205. The number of thiophene rings is 1. The lowest BCUT2D eigenvalue weighted by Gasteiger charge is -2.33. The number of carbonyl (C=O) groups excluding carboxylic acids is 1. The van der Waals surface area contributed by atoms with Gasteiger partial charge in [-0.15, -0.1) is 11.3 Å². The highest BCUT2D eigenvalue weighted by atomic mass is 32.1. The van der Waals surface area contributed by atoms with Crippen molar-refractivity contribution in [2.75, 3.05) is 13.1 Å². The highest BCUT2D eigenvalue weighted by molar-refractivity contribution is 7.10. The van der Waals surface area contributed by atoms with E-state index >= 15 is 0 Å². The molecule has 1 amide bonds.